The van der Waals surface area contributed by atoms with Crippen molar-refractivity contribution in [2.75, 3.05) is 7.11 Å². The molecule has 0 radical (unpaired) electrons. The van der Waals surface area contributed by atoms with Crippen molar-refractivity contribution >= 4 is 16.7 Å². The van der Waals surface area contributed by atoms with Crippen LogP contribution in [0.25, 0.3) is 10.8 Å². The minimum absolute atomic E-state index is 0.0577. The number of halogens is 1. The highest BCUT2D eigenvalue weighted by molar-refractivity contribution is 6.07. The molecule has 5 aromatic rings. The number of rotatable bonds is 9. The van der Waals surface area contributed by atoms with E-state index in [9.17, 15) is 9.18 Å². The second-order valence-corrected chi connectivity index (χ2v) is 8.91. The first-order chi connectivity index (χ1) is 18.6. The third-order valence-corrected chi connectivity index (χ3v) is 6.37. The van der Waals surface area contributed by atoms with Crippen molar-refractivity contribution in [3.8, 4) is 11.5 Å². The predicted octanol–water partition coefficient (Wildman–Crippen LogP) is 6.80. The zero-order valence-electron chi connectivity index (χ0n) is 21.0. The van der Waals surface area contributed by atoms with Crippen molar-refractivity contribution in [1.29, 1.82) is 0 Å². The van der Waals surface area contributed by atoms with E-state index in [1.165, 1.54) is 6.07 Å². The van der Waals surface area contributed by atoms with Crippen LogP contribution < -0.4 is 9.47 Å². The number of benzene rings is 4. The molecule has 4 aromatic carbocycles. The van der Waals surface area contributed by atoms with Crippen LogP contribution in [-0.4, -0.2) is 22.9 Å². The van der Waals surface area contributed by atoms with Gasteiger partial charge < -0.3 is 14.4 Å². The van der Waals surface area contributed by atoms with E-state index in [1.54, 1.807) is 48.7 Å². The van der Waals surface area contributed by atoms with Gasteiger partial charge in [-0.25, -0.2) is 4.39 Å². The number of amides is 1. The van der Waals surface area contributed by atoms with E-state index in [1.807, 2.05) is 66.7 Å². The molecule has 5 nitrogen and oxygen atoms in total. The van der Waals surface area contributed by atoms with E-state index in [0.29, 0.717) is 35.7 Å². The molecule has 0 unspecified atom stereocenters. The van der Waals surface area contributed by atoms with E-state index in [-0.39, 0.29) is 18.3 Å². The van der Waals surface area contributed by atoms with Gasteiger partial charge in [0.05, 0.1) is 7.11 Å². The molecule has 0 N–H and O–H groups in total. The average Bonchev–Trinajstić information content (AvgIpc) is 2.96. The minimum Gasteiger partial charge on any atom is -0.493 e. The van der Waals surface area contributed by atoms with Crippen molar-refractivity contribution in [2.24, 2.45) is 0 Å². The molecule has 0 saturated heterocycles. The molecular formula is C32H27FN2O3. The SMILES string of the molecule is COc1ccc(CN(Cc2ccncc2)C(=O)c2cccc3ccccc23)cc1OCc1ccccc1F. The highest BCUT2D eigenvalue weighted by Crippen LogP contribution is 2.30. The zero-order chi connectivity index (χ0) is 26.3. The Bertz CT molecular complexity index is 1550. The van der Waals surface area contributed by atoms with Gasteiger partial charge in [0.1, 0.15) is 12.4 Å². The van der Waals surface area contributed by atoms with Crippen molar-refractivity contribution in [3.63, 3.8) is 0 Å². The van der Waals surface area contributed by atoms with Gasteiger partial charge in [0.2, 0.25) is 0 Å². The first-order valence-electron chi connectivity index (χ1n) is 12.3. The fourth-order valence-electron chi connectivity index (χ4n) is 4.41. The lowest BCUT2D eigenvalue weighted by atomic mass is 10.0. The number of carbonyl (C=O) groups excluding carboxylic acids is 1. The number of fused-ring (bicyclic) bond motifs is 1. The van der Waals surface area contributed by atoms with Gasteiger partial charge in [-0.2, -0.15) is 0 Å². The topological polar surface area (TPSA) is 51.7 Å². The van der Waals surface area contributed by atoms with Crippen LogP contribution in [-0.2, 0) is 19.7 Å². The van der Waals surface area contributed by atoms with E-state index in [2.05, 4.69) is 4.98 Å². The number of nitrogens with zero attached hydrogens (tertiary/aromatic N) is 2. The van der Waals surface area contributed by atoms with E-state index in [0.717, 1.165) is 21.9 Å². The van der Waals surface area contributed by atoms with Gasteiger partial charge in [0.25, 0.3) is 5.91 Å². The number of ether oxygens (including phenoxy) is 2. The monoisotopic (exact) mass is 506 g/mol. The maximum Gasteiger partial charge on any atom is 0.255 e. The summed E-state index contributed by atoms with van der Waals surface area (Å²) in [6.45, 7) is 0.800. The van der Waals surface area contributed by atoms with Gasteiger partial charge in [-0.1, -0.05) is 60.7 Å². The Morgan fingerprint density at radius 3 is 2.37 bits per heavy atom. The number of carbonyl (C=O) groups is 1. The van der Waals surface area contributed by atoms with Gasteiger partial charge in [0, 0.05) is 36.6 Å². The third-order valence-electron chi connectivity index (χ3n) is 6.37. The highest BCUT2D eigenvalue weighted by Gasteiger charge is 2.20. The van der Waals surface area contributed by atoms with Gasteiger partial charge in [0.15, 0.2) is 11.5 Å². The smallest absolute Gasteiger partial charge is 0.255 e. The van der Waals surface area contributed by atoms with Gasteiger partial charge >= 0.3 is 0 Å². The van der Waals surface area contributed by atoms with Gasteiger partial charge in [-0.3, -0.25) is 9.78 Å². The summed E-state index contributed by atoms with van der Waals surface area (Å²) >= 11 is 0. The molecule has 0 spiro atoms. The van der Waals surface area contributed by atoms with E-state index < -0.39 is 0 Å². The third kappa shape index (κ3) is 5.65. The van der Waals surface area contributed by atoms with Gasteiger partial charge in [-0.15, -0.1) is 0 Å². The quantitative estimate of drug-likeness (QED) is 0.221. The summed E-state index contributed by atoms with van der Waals surface area (Å²) in [5.41, 5.74) is 2.92. The van der Waals surface area contributed by atoms with Crippen molar-refractivity contribution < 1.29 is 18.7 Å². The maximum absolute atomic E-state index is 14.1. The largest absolute Gasteiger partial charge is 0.493 e. The molecule has 0 aliphatic carbocycles. The average molecular weight is 507 g/mol. The summed E-state index contributed by atoms with van der Waals surface area (Å²) in [4.78, 5) is 19.8. The van der Waals surface area contributed by atoms with Gasteiger partial charge in [-0.05, 0) is 58.3 Å². The predicted molar refractivity (Wildman–Crippen MR) is 145 cm³/mol. The summed E-state index contributed by atoms with van der Waals surface area (Å²) in [6, 6.07) is 29.5. The molecule has 6 heteroatoms. The van der Waals surface area contributed by atoms with Crippen LogP contribution in [0.15, 0.2) is 109 Å². The Morgan fingerprint density at radius 2 is 1.55 bits per heavy atom. The summed E-state index contributed by atoms with van der Waals surface area (Å²) in [5, 5.41) is 1.92. The van der Waals surface area contributed by atoms with Crippen LogP contribution in [0.4, 0.5) is 4.39 Å². The number of hydrogen-bond acceptors (Lipinski definition) is 4. The molecule has 0 saturated carbocycles. The standard InChI is InChI=1S/C32H27FN2O3/c1-37-30-14-13-24(19-31(30)38-22-26-8-3-5-12-29(26)33)21-35(20-23-15-17-34-18-16-23)32(36)28-11-6-9-25-7-2-4-10-27(25)28/h2-19H,20-22H2,1H3. The fourth-order valence-corrected chi connectivity index (χ4v) is 4.41. The highest BCUT2D eigenvalue weighted by atomic mass is 19.1. The zero-order valence-corrected chi connectivity index (χ0v) is 21.0. The fraction of sp³-hybridized carbons (Fsp3) is 0.125. The van der Waals surface area contributed by atoms with Crippen LogP contribution >= 0.6 is 0 Å². The molecule has 1 aromatic heterocycles. The number of pyridine rings is 1. The first-order valence-corrected chi connectivity index (χ1v) is 12.3. The Balaban J connectivity index is 1.45. The number of aromatic nitrogens is 1. The maximum atomic E-state index is 14.1. The molecule has 0 bridgehead atoms. The van der Waals surface area contributed by atoms with Crippen LogP contribution in [0.5, 0.6) is 11.5 Å². The lowest BCUT2D eigenvalue weighted by Crippen LogP contribution is -2.30. The van der Waals surface area contributed by atoms with Crippen molar-refractivity contribution in [3.05, 3.63) is 138 Å². The van der Waals surface area contributed by atoms with Crippen LogP contribution in [0, 0.1) is 5.82 Å². The normalized spacial score (nSPS) is 10.8. The van der Waals surface area contributed by atoms with Crippen LogP contribution in [0.3, 0.4) is 0 Å². The molecule has 1 heterocycles. The number of methoxy groups -OCH3 is 1. The van der Waals surface area contributed by atoms with E-state index in [4.69, 9.17) is 9.47 Å². The molecule has 0 aliphatic heterocycles. The molecular weight excluding hydrogens is 479 g/mol. The van der Waals surface area contributed by atoms with Crippen LogP contribution in [0.1, 0.15) is 27.0 Å². The molecule has 1 amide bonds. The molecule has 0 fully saturated rings. The molecule has 5 rings (SSSR count). The second kappa shape index (κ2) is 11.6. The van der Waals surface area contributed by atoms with Crippen molar-refractivity contribution in [1.82, 2.24) is 9.88 Å². The lowest BCUT2D eigenvalue weighted by Gasteiger charge is -2.24. The summed E-state index contributed by atoms with van der Waals surface area (Å²) in [6.07, 6.45) is 3.44. The summed E-state index contributed by atoms with van der Waals surface area (Å²) < 4.78 is 25.6. The molecule has 38 heavy (non-hydrogen) atoms. The van der Waals surface area contributed by atoms with E-state index >= 15 is 0 Å². The van der Waals surface area contributed by atoms with Crippen LogP contribution in [0.2, 0.25) is 0 Å². The molecule has 0 aliphatic rings. The Morgan fingerprint density at radius 1 is 0.816 bits per heavy atom. The Hall–Kier alpha value is -4.71. The minimum atomic E-state index is -0.327. The summed E-state index contributed by atoms with van der Waals surface area (Å²) in [7, 11) is 1.56. The summed E-state index contributed by atoms with van der Waals surface area (Å²) in [5.74, 6) is 0.607. The Labute approximate surface area is 221 Å². The molecule has 190 valence electrons. The Kier molecular flexibility index (Phi) is 7.59. The second-order valence-electron chi connectivity index (χ2n) is 8.91. The first kappa shape index (κ1) is 25.0. The van der Waals surface area contributed by atoms with Crippen molar-refractivity contribution in [2.45, 2.75) is 19.7 Å². The molecule has 0 atom stereocenters. The lowest BCUT2D eigenvalue weighted by molar-refractivity contribution is 0.0731. The number of hydrogen-bond donors (Lipinski definition) is 0.